The van der Waals surface area contributed by atoms with Gasteiger partial charge in [0.05, 0.1) is 6.61 Å². The van der Waals surface area contributed by atoms with Gasteiger partial charge >= 0.3 is 12.1 Å². The summed E-state index contributed by atoms with van der Waals surface area (Å²) in [6, 6.07) is -0.732. The van der Waals surface area contributed by atoms with Crippen LogP contribution in [0.2, 0.25) is 0 Å². The van der Waals surface area contributed by atoms with Crippen molar-refractivity contribution in [3.63, 3.8) is 0 Å². The molecule has 5 heteroatoms. The molecule has 0 heterocycles. The predicted molar refractivity (Wildman–Crippen MR) is 116 cm³/mol. The minimum absolute atomic E-state index is 0.390. The molecule has 1 atom stereocenters. The topological polar surface area (TPSA) is 75.6 Å². The van der Waals surface area contributed by atoms with Gasteiger partial charge in [-0.1, -0.05) is 110 Å². The second kappa shape index (κ2) is 20.5. The van der Waals surface area contributed by atoms with E-state index in [0.717, 1.165) is 25.7 Å². The standard InChI is InChI=1S/C23H45NO4/c1-3-5-7-8-9-10-11-12-13-14-15-16-17-18-20-28-22(25)21(19-6-4-2)24-23(26)27/h21,24H,3-20H2,1-2H3,(H,26,27). The zero-order valence-electron chi connectivity index (χ0n) is 18.5. The van der Waals surface area contributed by atoms with Crippen LogP contribution in [0.3, 0.4) is 0 Å². The van der Waals surface area contributed by atoms with E-state index in [4.69, 9.17) is 9.84 Å². The van der Waals surface area contributed by atoms with Crippen LogP contribution in [0.15, 0.2) is 0 Å². The first-order valence-electron chi connectivity index (χ1n) is 11.8. The number of hydrogen-bond donors (Lipinski definition) is 2. The molecule has 0 aliphatic carbocycles. The number of carbonyl (C=O) groups is 2. The smallest absolute Gasteiger partial charge is 0.405 e. The Morgan fingerprint density at radius 3 is 1.57 bits per heavy atom. The van der Waals surface area contributed by atoms with E-state index in [0.29, 0.717) is 13.0 Å². The molecule has 0 aromatic carbocycles. The lowest BCUT2D eigenvalue weighted by Gasteiger charge is -2.15. The molecule has 0 bridgehead atoms. The molecule has 1 amide bonds. The zero-order chi connectivity index (χ0) is 20.9. The quantitative estimate of drug-likeness (QED) is 0.174. The largest absolute Gasteiger partial charge is 0.465 e. The highest BCUT2D eigenvalue weighted by Gasteiger charge is 2.21. The third-order valence-electron chi connectivity index (χ3n) is 5.17. The summed E-state index contributed by atoms with van der Waals surface area (Å²) in [5.41, 5.74) is 0. The molecule has 0 rings (SSSR count). The number of carbonyl (C=O) groups excluding carboxylic acids is 1. The molecule has 1 unspecified atom stereocenters. The van der Waals surface area contributed by atoms with Gasteiger partial charge in [-0.15, -0.1) is 0 Å². The molecular weight excluding hydrogens is 354 g/mol. The number of rotatable bonds is 20. The Balaban J connectivity index is 3.45. The second-order valence-electron chi connectivity index (χ2n) is 7.91. The van der Waals surface area contributed by atoms with Crippen molar-refractivity contribution in [1.82, 2.24) is 5.32 Å². The summed E-state index contributed by atoms with van der Waals surface area (Å²) >= 11 is 0. The Morgan fingerprint density at radius 2 is 1.14 bits per heavy atom. The maximum absolute atomic E-state index is 12.0. The summed E-state index contributed by atoms with van der Waals surface area (Å²) in [5, 5.41) is 11.1. The van der Waals surface area contributed by atoms with E-state index in [9.17, 15) is 9.59 Å². The maximum atomic E-state index is 12.0. The fraction of sp³-hybridized carbons (Fsp3) is 0.913. The fourth-order valence-corrected chi connectivity index (χ4v) is 3.38. The molecular formula is C23H45NO4. The van der Waals surface area contributed by atoms with Crippen molar-refractivity contribution in [2.75, 3.05) is 6.61 Å². The number of ether oxygens (including phenoxy) is 1. The van der Waals surface area contributed by atoms with Crippen molar-refractivity contribution in [2.24, 2.45) is 0 Å². The van der Waals surface area contributed by atoms with Crippen molar-refractivity contribution in [1.29, 1.82) is 0 Å². The third-order valence-corrected chi connectivity index (χ3v) is 5.17. The van der Waals surface area contributed by atoms with Crippen LogP contribution in [0.5, 0.6) is 0 Å². The number of hydrogen-bond acceptors (Lipinski definition) is 3. The lowest BCUT2D eigenvalue weighted by Crippen LogP contribution is -2.41. The summed E-state index contributed by atoms with van der Waals surface area (Å²) < 4.78 is 5.24. The monoisotopic (exact) mass is 399 g/mol. The van der Waals surface area contributed by atoms with Gasteiger partial charge < -0.3 is 15.2 Å². The second-order valence-corrected chi connectivity index (χ2v) is 7.91. The van der Waals surface area contributed by atoms with Crippen LogP contribution in [0.4, 0.5) is 4.79 Å². The molecule has 5 nitrogen and oxygen atoms in total. The van der Waals surface area contributed by atoms with Gasteiger partial charge in [0.25, 0.3) is 0 Å². The number of esters is 1. The molecule has 166 valence electrons. The molecule has 0 spiro atoms. The first-order valence-corrected chi connectivity index (χ1v) is 11.8. The Morgan fingerprint density at radius 1 is 0.714 bits per heavy atom. The van der Waals surface area contributed by atoms with E-state index < -0.39 is 18.1 Å². The summed E-state index contributed by atoms with van der Waals surface area (Å²) in [6.07, 6.45) is 19.1. The minimum Gasteiger partial charge on any atom is -0.465 e. The number of unbranched alkanes of at least 4 members (excludes halogenated alkanes) is 14. The zero-order valence-corrected chi connectivity index (χ0v) is 18.5. The van der Waals surface area contributed by atoms with Gasteiger partial charge in [-0.25, -0.2) is 9.59 Å². The average molecular weight is 400 g/mol. The molecule has 0 aromatic heterocycles. The van der Waals surface area contributed by atoms with E-state index in [1.165, 1.54) is 77.0 Å². The van der Waals surface area contributed by atoms with Gasteiger partial charge in [0.2, 0.25) is 0 Å². The van der Waals surface area contributed by atoms with Gasteiger partial charge in [0.15, 0.2) is 0 Å². The Bertz CT molecular complexity index is 374. The van der Waals surface area contributed by atoms with E-state index in [1.807, 2.05) is 6.92 Å². The summed E-state index contributed by atoms with van der Waals surface area (Å²) in [6.45, 7) is 4.66. The first kappa shape index (κ1) is 26.7. The van der Waals surface area contributed by atoms with E-state index in [2.05, 4.69) is 12.2 Å². The van der Waals surface area contributed by atoms with Gasteiger partial charge in [-0.2, -0.15) is 0 Å². The van der Waals surface area contributed by atoms with Crippen LogP contribution in [0, 0.1) is 0 Å². The highest BCUT2D eigenvalue weighted by molar-refractivity contribution is 5.80. The molecule has 2 N–H and O–H groups in total. The summed E-state index contributed by atoms with van der Waals surface area (Å²) in [7, 11) is 0. The van der Waals surface area contributed by atoms with Crippen molar-refractivity contribution < 1.29 is 19.4 Å². The highest BCUT2D eigenvalue weighted by atomic mass is 16.5. The van der Waals surface area contributed by atoms with E-state index >= 15 is 0 Å². The Labute approximate surface area is 173 Å². The van der Waals surface area contributed by atoms with Crippen LogP contribution in [0.1, 0.15) is 123 Å². The molecule has 0 aromatic rings. The van der Waals surface area contributed by atoms with Crippen LogP contribution < -0.4 is 5.32 Å². The number of carboxylic acid groups (broad SMARTS) is 1. The van der Waals surface area contributed by atoms with Crippen LogP contribution in [0.25, 0.3) is 0 Å². The molecule has 0 saturated carbocycles. The average Bonchev–Trinajstić information content (AvgIpc) is 2.67. The summed E-state index contributed by atoms with van der Waals surface area (Å²) in [5.74, 6) is -0.439. The normalized spacial score (nSPS) is 11.9. The van der Waals surface area contributed by atoms with Crippen LogP contribution >= 0.6 is 0 Å². The predicted octanol–water partition coefficient (Wildman–Crippen LogP) is 6.84. The first-order chi connectivity index (χ1) is 13.6. The Hall–Kier alpha value is -1.26. The van der Waals surface area contributed by atoms with Crippen LogP contribution in [-0.4, -0.2) is 29.8 Å². The number of nitrogens with one attached hydrogen (secondary N) is 1. The lowest BCUT2D eigenvalue weighted by atomic mass is 10.0. The third kappa shape index (κ3) is 18.1. The summed E-state index contributed by atoms with van der Waals surface area (Å²) in [4.78, 5) is 22.7. The highest BCUT2D eigenvalue weighted by Crippen LogP contribution is 2.13. The molecule has 0 radical (unpaired) electrons. The van der Waals surface area contributed by atoms with Crippen molar-refractivity contribution in [3.8, 4) is 0 Å². The molecule has 28 heavy (non-hydrogen) atoms. The Kier molecular flexibility index (Phi) is 19.6. The number of amides is 1. The van der Waals surface area contributed by atoms with Crippen LogP contribution in [-0.2, 0) is 9.53 Å². The SMILES string of the molecule is CCCCCCCCCCCCCCCCOC(=O)C(CCCC)NC(=O)O. The van der Waals surface area contributed by atoms with Crippen molar-refractivity contribution >= 4 is 12.1 Å². The van der Waals surface area contributed by atoms with E-state index in [-0.39, 0.29) is 0 Å². The lowest BCUT2D eigenvalue weighted by molar-refractivity contribution is -0.146. The van der Waals surface area contributed by atoms with E-state index in [1.54, 1.807) is 0 Å². The maximum Gasteiger partial charge on any atom is 0.405 e. The molecule has 0 aliphatic rings. The molecule has 0 saturated heterocycles. The van der Waals surface area contributed by atoms with Gasteiger partial charge in [-0.05, 0) is 12.8 Å². The molecule has 0 fully saturated rings. The minimum atomic E-state index is -1.17. The van der Waals surface area contributed by atoms with Crippen molar-refractivity contribution in [3.05, 3.63) is 0 Å². The van der Waals surface area contributed by atoms with Gasteiger partial charge in [0, 0.05) is 0 Å². The van der Waals surface area contributed by atoms with Gasteiger partial charge in [0.1, 0.15) is 6.04 Å². The van der Waals surface area contributed by atoms with Crippen molar-refractivity contribution in [2.45, 2.75) is 129 Å². The fourth-order valence-electron chi connectivity index (χ4n) is 3.38. The molecule has 0 aliphatic heterocycles. The van der Waals surface area contributed by atoms with Gasteiger partial charge in [-0.3, -0.25) is 0 Å².